The first kappa shape index (κ1) is 79.1. The van der Waals surface area contributed by atoms with Crippen LogP contribution in [-0.4, -0.2) is 36.4 Å². The molecule has 1 atom stereocenters. The second-order valence-corrected chi connectivity index (χ2v) is 24.3. The summed E-state index contributed by atoms with van der Waals surface area (Å²) in [5.41, 5.74) is 0. The van der Waals surface area contributed by atoms with Crippen molar-refractivity contribution >= 4 is 11.9 Å². The van der Waals surface area contributed by atoms with Crippen LogP contribution in [0.15, 0.2) is 85.1 Å². The first-order valence-corrected chi connectivity index (χ1v) is 36.1. The van der Waals surface area contributed by atoms with Crippen molar-refractivity contribution in [3.8, 4) is 0 Å². The van der Waals surface area contributed by atoms with Gasteiger partial charge in [-0.2, -0.15) is 0 Å². The summed E-state index contributed by atoms with van der Waals surface area (Å²) in [6.45, 7) is 4.06. The summed E-state index contributed by atoms with van der Waals surface area (Å²) < 4.78 is 10.8. The average molecular weight is 1140 g/mol. The van der Waals surface area contributed by atoms with Crippen molar-refractivity contribution in [3.63, 3.8) is 0 Å². The van der Waals surface area contributed by atoms with Crippen LogP contribution in [0, 0.1) is 0 Å². The zero-order chi connectivity index (χ0) is 59.1. The minimum absolute atomic E-state index is 0.0658. The largest absolute Gasteiger partial charge is 0.462 e. The molecule has 1 N–H and O–H groups in total. The number of carbonyl (C=O) groups excluding carboxylic acids is 2. The number of aliphatic hydroxyl groups excluding tert-OH is 1. The summed E-state index contributed by atoms with van der Waals surface area (Å²) in [5, 5.41) is 9.70. The second-order valence-electron chi connectivity index (χ2n) is 24.3. The molecule has 0 bridgehead atoms. The van der Waals surface area contributed by atoms with Gasteiger partial charge in [-0.3, -0.25) is 9.59 Å². The number of hydrogen-bond acceptors (Lipinski definition) is 5. The number of esters is 2. The fourth-order valence-electron chi connectivity index (χ4n) is 10.8. The zero-order valence-electron chi connectivity index (χ0n) is 54.8. The Hall–Kier alpha value is -2.92. The van der Waals surface area contributed by atoms with Crippen LogP contribution >= 0.6 is 0 Å². The number of allylic oxidation sites excluding steroid dienone is 14. The molecule has 0 fully saturated rings. The molecule has 0 heterocycles. The summed E-state index contributed by atoms with van der Waals surface area (Å²) in [5.74, 6) is -0.580. The maximum absolute atomic E-state index is 12.4. The van der Waals surface area contributed by atoms with Crippen molar-refractivity contribution in [1.29, 1.82) is 0 Å². The van der Waals surface area contributed by atoms with Crippen molar-refractivity contribution in [2.24, 2.45) is 0 Å². The SMILES string of the molecule is CC/C=C\C/C=C\C/C=C\C/C=C\C/C=C\CCCCCCCCCCCCCC(=O)OC(CO)COC(=O)CCCCCCCCCCCCCCCCCCCCCCCCCCCCCCC/C=C\C/C=C\CCCCCCC. The van der Waals surface area contributed by atoms with Crippen LogP contribution in [0.4, 0.5) is 0 Å². The minimum Gasteiger partial charge on any atom is -0.462 e. The number of unbranched alkanes of at least 4 members (excludes halogenated alkanes) is 45. The van der Waals surface area contributed by atoms with E-state index in [1.165, 1.54) is 270 Å². The van der Waals surface area contributed by atoms with Gasteiger partial charge in [0.2, 0.25) is 0 Å². The van der Waals surface area contributed by atoms with Gasteiger partial charge in [-0.25, -0.2) is 0 Å². The highest BCUT2D eigenvalue weighted by Crippen LogP contribution is 2.19. The van der Waals surface area contributed by atoms with E-state index in [1.807, 2.05) is 0 Å². The van der Waals surface area contributed by atoms with Crippen LogP contribution in [0.5, 0.6) is 0 Å². The van der Waals surface area contributed by atoms with E-state index >= 15 is 0 Å². The van der Waals surface area contributed by atoms with Gasteiger partial charge in [-0.05, 0) is 89.9 Å². The minimum atomic E-state index is -0.777. The molecule has 0 aliphatic rings. The van der Waals surface area contributed by atoms with E-state index in [0.717, 1.165) is 77.0 Å². The molecule has 5 nitrogen and oxygen atoms in total. The summed E-state index contributed by atoms with van der Waals surface area (Å²) in [6, 6.07) is 0. The lowest BCUT2D eigenvalue weighted by molar-refractivity contribution is -0.161. The van der Waals surface area contributed by atoms with Gasteiger partial charge >= 0.3 is 11.9 Å². The highest BCUT2D eigenvalue weighted by atomic mass is 16.6. The number of aliphatic hydroxyl groups is 1. The second kappa shape index (κ2) is 72.3. The molecule has 0 saturated carbocycles. The van der Waals surface area contributed by atoms with Crippen LogP contribution < -0.4 is 0 Å². The third-order valence-corrected chi connectivity index (χ3v) is 16.2. The van der Waals surface area contributed by atoms with Gasteiger partial charge in [0.25, 0.3) is 0 Å². The summed E-state index contributed by atoms with van der Waals surface area (Å²) in [7, 11) is 0. The molecular weight excluding hydrogens is 1000 g/mol. The van der Waals surface area contributed by atoms with Gasteiger partial charge < -0.3 is 14.6 Å². The molecule has 0 rings (SSSR count). The molecular formula is C77H138O5. The van der Waals surface area contributed by atoms with E-state index in [0.29, 0.717) is 12.8 Å². The summed E-state index contributed by atoms with van der Waals surface area (Å²) in [4.78, 5) is 24.7. The standard InChI is InChI=1S/C77H138O5/c1-3-5-7-9-11-13-15-17-19-21-23-25-27-29-31-32-33-34-35-36-37-38-39-40-41-42-43-44-46-47-49-51-53-55-57-59-61-63-65-67-69-71-76(79)81-74-75(73-78)82-77(80)72-70-68-66-64-62-60-58-56-54-52-50-48-45-30-28-26-24-22-20-18-16-14-12-10-8-6-4-2/h6,8,12,14-15,17-18,20-21,23-24,26,30,45,75,78H,3-5,7,9-11,13,16,19,22,25,27-29,31-44,46-74H2,1-2H3/b8-6-,14-12-,17-15-,20-18-,23-21-,26-24-,45-30-. The third kappa shape index (κ3) is 69.6. The molecule has 0 aliphatic carbocycles. The van der Waals surface area contributed by atoms with Gasteiger partial charge in [0.05, 0.1) is 6.61 Å². The normalized spacial score (nSPS) is 12.7. The number of rotatable bonds is 67. The Kier molecular flexibility index (Phi) is 69.8. The van der Waals surface area contributed by atoms with Crippen LogP contribution in [0.25, 0.3) is 0 Å². The van der Waals surface area contributed by atoms with Gasteiger partial charge in [0, 0.05) is 12.8 Å². The van der Waals surface area contributed by atoms with Crippen molar-refractivity contribution in [1.82, 2.24) is 0 Å². The van der Waals surface area contributed by atoms with Gasteiger partial charge in [-0.15, -0.1) is 0 Å². The topological polar surface area (TPSA) is 72.8 Å². The van der Waals surface area contributed by atoms with Crippen LogP contribution in [0.2, 0.25) is 0 Å². The van der Waals surface area contributed by atoms with Crippen LogP contribution in [0.3, 0.4) is 0 Å². The molecule has 5 heteroatoms. The van der Waals surface area contributed by atoms with Gasteiger partial charge in [-0.1, -0.05) is 356 Å². The van der Waals surface area contributed by atoms with Crippen molar-refractivity contribution in [2.45, 2.75) is 380 Å². The Morgan fingerprint density at radius 1 is 0.293 bits per heavy atom. The average Bonchev–Trinajstić information content (AvgIpc) is 3.49. The fourth-order valence-corrected chi connectivity index (χ4v) is 10.8. The van der Waals surface area contributed by atoms with E-state index in [2.05, 4.69) is 98.9 Å². The van der Waals surface area contributed by atoms with Crippen molar-refractivity contribution < 1.29 is 24.2 Å². The Morgan fingerprint density at radius 2 is 0.524 bits per heavy atom. The third-order valence-electron chi connectivity index (χ3n) is 16.2. The first-order valence-electron chi connectivity index (χ1n) is 36.1. The maximum atomic E-state index is 12.4. The lowest BCUT2D eigenvalue weighted by Gasteiger charge is -2.15. The van der Waals surface area contributed by atoms with E-state index in [4.69, 9.17) is 9.47 Å². The van der Waals surface area contributed by atoms with Crippen molar-refractivity contribution in [2.75, 3.05) is 13.2 Å². The highest BCUT2D eigenvalue weighted by Gasteiger charge is 2.16. The van der Waals surface area contributed by atoms with Gasteiger partial charge in [0.15, 0.2) is 6.10 Å². The summed E-state index contributed by atoms with van der Waals surface area (Å²) in [6.07, 6.45) is 102. The maximum Gasteiger partial charge on any atom is 0.306 e. The predicted molar refractivity (Wildman–Crippen MR) is 362 cm³/mol. The van der Waals surface area contributed by atoms with E-state index in [9.17, 15) is 14.7 Å². The lowest BCUT2D eigenvalue weighted by Crippen LogP contribution is -2.28. The molecule has 1 unspecified atom stereocenters. The molecule has 0 spiro atoms. The van der Waals surface area contributed by atoms with Crippen molar-refractivity contribution in [3.05, 3.63) is 85.1 Å². The first-order chi connectivity index (χ1) is 40.6. The molecule has 0 aliphatic heterocycles. The van der Waals surface area contributed by atoms with E-state index in [1.54, 1.807) is 0 Å². The lowest BCUT2D eigenvalue weighted by atomic mass is 10.0. The zero-order valence-corrected chi connectivity index (χ0v) is 54.8. The molecule has 0 aromatic carbocycles. The molecule has 0 saturated heterocycles. The molecule has 0 aromatic heterocycles. The number of ether oxygens (including phenoxy) is 2. The monoisotopic (exact) mass is 1140 g/mol. The molecule has 0 aromatic rings. The Balaban J connectivity index is 3.40. The molecule has 82 heavy (non-hydrogen) atoms. The number of hydrogen-bond donors (Lipinski definition) is 1. The van der Waals surface area contributed by atoms with Crippen LogP contribution in [0.1, 0.15) is 373 Å². The van der Waals surface area contributed by atoms with Gasteiger partial charge in [0.1, 0.15) is 6.61 Å². The quantitative estimate of drug-likeness (QED) is 0.0373. The van der Waals surface area contributed by atoms with E-state index < -0.39 is 6.10 Å². The molecule has 476 valence electrons. The highest BCUT2D eigenvalue weighted by molar-refractivity contribution is 5.70. The summed E-state index contributed by atoms with van der Waals surface area (Å²) >= 11 is 0. The molecule has 0 radical (unpaired) electrons. The molecule has 0 amide bonds. The smallest absolute Gasteiger partial charge is 0.306 e. The number of carbonyl (C=O) groups is 2. The Bertz CT molecular complexity index is 1480. The Morgan fingerprint density at radius 3 is 0.793 bits per heavy atom. The van der Waals surface area contributed by atoms with Crippen LogP contribution in [-0.2, 0) is 19.1 Å². The Labute approximate surface area is 511 Å². The fraction of sp³-hybridized carbons (Fsp3) is 0.792. The van der Waals surface area contributed by atoms with E-state index in [-0.39, 0.29) is 25.2 Å². The predicted octanol–water partition coefficient (Wildman–Crippen LogP) is 25.2.